The van der Waals surface area contributed by atoms with Crippen LogP contribution in [0.3, 0.4) is 0 Å². The van der Waals surface area contributed by atoms with E-state index in [9.17, 15) is 4.39 Å². The minimum Gasteiger partial charge on any atom is -0.477 e. The van der Waals surface area contributed by atoms with E-state index in [4.69, 9.17) is 4.74 Å². The highest BCUT2D eigenvalue weighted by Gasteiger charge is 2.12. The maximum absolute atomic E-state index is 13.5. The smallest absolute Gasteiger partial charge is 0.231 e. The molecule has 1 aliphatic rings. The highest BCUT2D eigenvalue weighted by Crippen LogP contribution is 2.22. The number of piperidine rings is 1. The minimum atomic E-state index is -0.460. The first-order valence-corrected chi connectivity index (χ1v) is 9.53. The second-order valence-electron chi connectivity index (χ2n) is 7.02. The van der Waals surface area contributed by atoms with Gasteiger partial charge in [0.2, 0.25) is 11.8 Å². The molecule has 0 unspecified atom stereocenters. The number of ether oxygens (including phenoxy) is 1. The van der Waals surface area contributed by atoms with Gasteiger partial charge in [0.25, 0.3) is 0 Å². The van der Waals surface area contributed by atoms with E-state index in [1.165, 1.54) is 38.5 Å². The lowest BCUT2D eigenvalue weighted by Crippen LogP contribution is -2.31. The van der Waals surface area contributed by atoms with E-state index in [2.05, 4.69) is 20.0 Å². The van der Waals surface area contributed by atoms with E-state index < -0.39 is 5.95 Å². The summed E-state index contributed by atoms with van der Waals surface area (Å²) in [7, 11) is 0. The molecule has 4 heterocycles. The van der Waals surface area contributed by atoms with Gasteiger partial charge in [0.05, 0.1) is 18.5 Å². The Balaban J connectivity index is 1.44. The van der Waals surface area contributed by atoms with Gasteiger partial charge in [-0.25, -0.2) is 14.5 Å². The van der Waals surface area contributed by atoms with Crippen LogP contribution in [0.2, 0.25) is 0 Å². The standard InChI is InChI=1S/C20H24FN5O/c1-15-12-16(13-23-20(15)21)17-14-22-18-6-7-19(24-26(17)18)27-11-5-10-25-8-3-2-4-9-25/h6-7,12-14H,2-5,8-11H2,1H3. The first-order valence-electron chi connectivity index (χ1n) is 9.53. The lowest BCUT2D eigenvalue weighted by Gasteiger charge is -2.26. The fraction of sp³-hybridized carbons (Fsp3) is 0.450. The summed E-state index contributed by atoms with van der Waals surface area (Å²) in [5.41, 5.74) is 2.75. The van der Waals surface area contributed by atoms with Crippen molar-refractivity contribution in [2.24, 2.45) is 0 Å². The van der Waals surface area contributed by atoms with Crippen LogP contribution in [0.4, 0.5) is 4.39 Å². The van der Waals surface area contributed by atoms with E-state index in [1.54, 1.807) is 23.7 Å². The first-order chi connectivity index (χ1) is 13.2. The quantitative estimate of drug-likeness (QED) is 0.492. The molecule has 0 atom stereocenters. The van der Waals surface area contributed by atoms with Crippen LogP contribution in [0, 0.1) is 12.9 Å². The van der Waals surface area contributed by atoms with Gasteiger partial charge < -0.3 is 9.64 Å². The zero-order chi connectivity index (χ0) is 18.6. The molecule has 0 aliphatic carbocycles. The Morgan fingerprint density at radius 1 is 1.11 bits per heavy atom. The number of hydrogen-bond acceptors (Lipinski definition) is 5. The number of rotatable bonds is 6. The summed E-state index contributed by atoms with van der Waals surface area (Å²) in [6.07, 6.45) is 8.17. The van der Waals surface area contributed by atoms with Gasteiger partial charge in [0.15, 0.2) is 5.65 Å². The fourth-order valence-corrected chi connectivity index (χ4v) is 3.48. The molecule has 0 saturated carbocycles. The largest absolute Gasteiger partial charge is 0.477 e. The van der Waals surface area contributed by atoms with Gasteiger partial charge in [0.1, 0.15) is 0 Å². The van der Waals surface area contributed by atoms with Crippen molar-refractivity contribution in [1.82, 2.24) is 24.5 Å². The Kier molecular flexibility index (Phi) is 5.29. The Bertz CT molecular complexity index is 920. The summed E-state index contributed by atoms with van der Waals surface area (Å²) in [5, 5.41) is 4.54. The van der Waals surface area contributed by atoms with Gasteiger partial charge >= 0.3 is 0 Å². The van der Waals surface area contributed by atoms with Crippen LogP contribution in [0.5, 0.6) is 5.88 Å². The normalized spacial score (nSPS) is 15.3. The number of nitrogens with zero attached hydrogens (tertiary/aromatic N) is 5. The number of aromatic nitrogens is 4. The van der Waals surface area contributed by atoms with Crippen molar-refractivity contribution in [1.29, 1.82) is 0 Å². The van der Waals surface area contributed by atoms with Crippen LogP contribution in [-0.2, 0) is 0 Å². The molecule has 1 aliphatic heterocycles. The molecular weight excluding hydrogens is 345 g/mol. The average Bonchev–Trinajstić information content (AvgIpc) is 3.11. The summed E-state index contributed by atoms with van der Waals surface area (Å²) in [5.74, 6) is 0.102. The maximum atomic E-state index is 13.5. The van der Waals surface area contributed by atoms with Crippen molar-refractivity contribution < 1.29 is 9.13 Å². The Hall–Kier alpha value is -2.54. The fourth-order valence-electron chi connectivity index (χ4n) is 3.48. The molecule has 1 saturated heterocycles. The van der Waals surface area contributed by atoms with E-state index >= 15 is 0 Å². The van der Waals surface area contributed by atoms with E-state index in [0.29, 0.717) is 23.7 Å². The summed E-state index contributed by atoms with van der Waals surface area (Å²) in [4.78, 5) is 10.7. The van der Waals surface area contributed by atoms with Crippen molar-refractivity contribution in [3.63, 3.8) is 0 Å². The van der Waals surface area contributed by atoms with Crippen molar-refractivity contribution in [3.05, 3.63) is 42.1 Å². The SMILES string of the molecule is Cc1cc(-c2cnc3ccc(OCCCN4CCCCC4)nn23)cnc1F. The number of aryl methyl sites for hydroxylation is 1. The van der Waals surface area contributed by atoms with Gasteiger partial charge in [-0.3, -0.25) is 0 Å². The van der Waals surface area contributed by atoms with Gasteiger partial charge in [-0.15, -0.1) is 5.10 Å². The van der Waals surface area contributed by atoms with Crippen LogP contribution in [0.1, 0.15) is 31.2 Å². The molecule has 1 fully saturated rings. The molecule has 6 nitrogen and oxygen atoms in total. The lowest BCUT2D eigenvalue weighted by molar-refractivity contribution is 0.202. The predicted molar refractivity (Wildman–Crippen MR) is 101 cm³/mol. The average molecular weight is 369 g/mol. The summed E-state index contributed by atoms with van der Waals surface area (Å²) >= 11 is 0. The number of halogens is 1. The van der Waals surface area contributed by atoms with Crippen molar-refractivity contribution in [3.8, 4) is 17.1 Å². The third kappa shape index (κ3) is 4.08. The number of imidazole rings is 1. The van der Waals surface area contributed by atoms with E-state index in [1.807, 2.05) is 12.1 Å². The third-order valence-electron chi connectivity index (χ3n) is 4.97. The number of fused-ring (bicyclic) bond motifs is 1. The number of hydrogen-bond donors (Lipinski definition) is 0. The van der Waals surface area contributed by atoms with Crippen LogP contribution in [-0.4, -0.2) is 50.7 Å². The minimum absolute atomic E-state index is 0.460. The lowest BCUT2D eigenvalue weighted by atomic mass is 10.1. The van der Waals surface area contributed by atoms with Crippen molar-refractivity contribution >= 4 is 5.65 Å². The zero-order valence-corrected chi connectivity index (χ0v) is 15.6. The van der Waals surface area contributed by atoms with E-state index in [-0.39, 0.29) is 0 Å². The Morgan fingerprint density at radius 2 is 1.96 bits per heavy atom. The molecule has 3 aromatic rings. The van der Waals surface area contributed by atoms with Gasteiger partial charge in [0, 0.05) is 29.9 Å². The Labute approximate surface area is 158 Å². The Morgan fingerprint density at radius 3 is 2.78 bits per heavy atom. The highest BCUT2D eigenvalue weighted by atomic mass is 19.1. The molecule has 0 bridgehead atoms. The molecular formula is C20H24FN5O. The van der Waals surface area contributed by atoms with Crippen LogP contribution < -0.4 is 4.74 Å². The molecule has 142 valence electrons. The number of pyridine rings is 1. The molecule has 4 rings (SSSR count). The van der Waals surface area contributed by atoms with Crippen LogP contribution in [0.15, 0.2) is 30.6 Å². The first kappa shape index (κ1) is 17.9. The van der Waals surface area contributed by atoms with Crippen molar-refractivity contribution in [2.45, 2.75) is 32.6 Å². The van der Waals surface area contributed by atoms with Crippen molar-refractivity contribution in [2.75, 3.05) is 26.2 Å². The maximum Gasteiger partial charge on any atom is 0.231 e. The molecule has 0 N–H and O–H groups in total. The molecule has 27 heavy (non-hydrogen) atoms. The monoisotopic (exact) mass is 369 g/mol. The molecule has 0 spiro atoms. The second-order valence-corrected chi connectivity index (χ2v) is 7.02. The van der Waals surface area contributed by atoms with Gasteiger partial charge in [-0.05, 0) is 51.4 Å². The molecule has 0 aromatic carbocycles. The topological polar surface area (TPSA) is 55.5 Å². The zero-order valence-electron chi connectivity index (χ0n) is 15.6. The van der Waals surface area contributed by atoms with Crippen LogP contribution >= 0.6 is 0 Å². The second kappa shape index (κ2) is 8.00. The number of likely N-dealkylation sites (tertiary alicyclic amines) is 1. The van der Waals surface area contributed by atoms with E-state index in [0.717, 1.165) is 24.2 Å². The summed E-state index contributed by atoms with van der Waals surface area (Å²) < 4.78 is 21.0. The summed E-state index contributed by atoms with van der Waals surface area (Å²) in [6.45, 7) is 5.80. The summed E-state index contributed by atoms with van der Waals surface area (Å²) in [6, 6.07) is 5.46. The molecule has 0 radical (unpaired) electrons. The molecule has 3 aromatic heterocycles. The van der Waals surface area contributed by atoms with Gasteiger partial charge in [-0.1, -0.05) is 6.42 Å². The predicted octanol–water partition coefficient (Wildman–Crippen LogP) is 3.49. The molecule has 0 amide bonds. The highest BCUT2D eigenvalue weighted by molar-refractivity contribution is 5.62. The third-order valence-corrected chi connectivity index (χ3v) is 4.97. The van der Waals surface area contributed by atoms with Crippen LogP contribution in [0.25, 0.3) is 16.9 Å². The van der Waals surface area contributed by atoms with Gasteiger partial charge in [-0.2, -0.15) is 4.39 Å². The molecule has 7 heteroatoms.